The van der Waals surface area contributed by atoms with Crippen molar-refractivity contribution in [3.05, 3.63) is 27.7 Å². The molecule has 30 heavy (non-hydrogen) atoms. The summed E-state index contributed by atoms with van der Waals surface area (Å²) < 4.78 is 25.1. The summed E-state index contributed by atoms with van der Waals surface area (Å²) in [6, 6.07) is 2.67. The van der Waals surface area contributed by atoms with Crippen LogP contribution >= 0.6 is 23.2 Å². The number of rotatable bonds is 10. The summed E-state index contributed by atoms with van der Waals surface area (Å²) in [5.41, 5.74) is 0.172. The lowest BCUT2D eigenvalue weighted by molar-refractivity contribution is -0.130. The summed E-state index contributed by atoms with van der Waals surface area (Å²) >= 11 is 12.5. The van der Waals surface area contributed by atoms with Crippen molar-refractivity contribution >= 4 is 44.7 Å². The molecule has 1 saturated heterocycles. The smallest absolute Gasteiger partial charge is 0.219 e. The fourth-order valence-corrected chi connectivity index (χ4v) is 5.75. The molecule has 1 aromatic rings. The molecular formula is C21H30Cl2N2O4S. The molecule has 0 unspecified atom stereocenters. The SMILES string of the molecule is CCCCCCS(=O)(=O)c1cc(Cl)c(C(=O)CCN2CCN(C(C)=O)CC2)c(Cl)c1. The Labute approximate surface area is 189 Å². The van der Waals surface area contributed by atoms with Crippen LogP contribution in [0.1, 0.15) is 56.3 Å². The Morgan fingerprint density at radius 1 is 1.00 bits per heavy atom. The van der Waals surface area contributed by atoms with Gasteiger partial charge in [0.15, 0.2) is 15.6 Å². The number of hydrogen-bond donors (Lipinski definition) is 0. The molecule has 0 aliphatic carbocycles. The largest absolute Gasteiger partial charge is 0.340 e. The molecule has 0 aromatic heterocycles. The van der Waals surface area contributed by atoms with Crippen LogP contribution in [-0.2, 0) is 14.6 Å². The van der Waals surface area contributed by atoms with Gasteiger partial charge in [-0.05, 0) is 18.6 Å². The van der Waals surface area contributed by atoms with Gasteiger partial charge in [-0.15, -0.1) is 0 Å². The number of sulfone groups is 1. The third-order valence-corrected chi connectivity index (χ3v) is 7.77. The Balaban J connectivity index is 1.99. The quantitative estimate of drug-likeness (QED) is 0.375. The van der Waals surface area contributed by atoms with Crippen molar-refractivity contribution in [1.29, 1.82) is 0 Å². The zero-order chi connectivity index (χ0) is 22.3. The van der Waals surface area contributed by atoms with E-state index in [2.05, 4.69) is 11.8 Å². The summed E-state index contributed by atoms with van der Waals surface area (Å²) in [7, 11) is -3.49. The van der Waals surface area contributed by atoms with Crippen LogP contribution in [0.15, 0.2) is 17.0 Å². The molecule has 2 rings (SSSR count). The fraction of sp³-hybridized carbons (Fsp3) is 0.619. The van der Waals surface area contributed by atoms with Crippen LogP contribution < -0.4 is 0 Å². The number of amides is 1. The van der Waals surface area contributed by atoms with Gasteiger partial charge in [-0.25, -0.2) is 8.42 Å². The van der Waals surface area contributed by atoms with Gasteiger partial charge in [0.2, 0.25) is 5.91 Å². The zero-order valence-corrected chi connectivity index (χ0v) is 20.0. The molecule has 0 spiro atoms. The lowest BCUT2D eigenvalue weighted by Gasteiger charge is -2.34. The van der Waals surface area contributed by atoms with E-state index in [1.807, 2.05) is 0 Å². The molecule has 0 saturated carbocycles. The number of Topliss-reactive ketones (excluding diaryl/α,β-unsaturated/α-hetero) is 1. The number of carbonyl (C=O) groups excluding carboxylic acids is 2. The average molecular weight is 477 g/mol. The fourth-order valence-electron chi connectivity index (χ4n) is 3.50. The topological polar surface area (TPSA) is 74.8 Å². The van der Waals surface area contributed by atoms with Crippen LogP contribution in [0.25, 0.3) is 0 Å². The van der Waals surface area contributed by atoms with Gasteiger partial charge in [0, 0.05) is 46.1 Å². The van der Waals surface area contributed by atoms with Gasteiger partial charge in [-0.2, -0.15) is 0 Å². The van der Waals surface area contributed by atoms with Crippen molar-refractivity contribution in [2.75, 3.05) is 38.5 Å². The highest BCUT2D eigenvalue weighted by atomic mass is 35.5. The number of nitrogens with zero attached hydrogens (tertiary/aromatic N) is 2. The van der Waals surface area contributed by atoms with Gasteiger partial charge in [-0.1, -0.05) is 49.4 Å². The van der Waals surface area contributed by atoms with Crippen LogP contribution in [0.2, 0.25) is 10.0 Å². The molecule has 0 bridgehead atoms. The molecule has 168 valence electrons. The van der Waals surface area contributed by atoms with E-state index in [9.17, 15) is 18.0 Å². The van der Waals surface area contributed by atoms with E-state index in [1.54, 1.807) is 11.8 Å². The summed E-state index contributed by atoms with van der Waals surface area (Å²) in [4.78, 5) is 28.1. The number of piperazine rings is 1. The van der Waals surface area contributed by atoms with Gasteiger partial charge < -0.3 is 4.90 Å². The van der Waals surface area contributed by atoms with Crippen LogP contribution in [0.5, 0.6) is 0 Å². The molecule has 0 N–H and O–H groups in total. The highest BCUT2D eigenvalue weighted by molar-refractivity contribution is 7.91. The van der Waals surface area contributed by atoms with E-state index in [0.29, 0.717) is 39.1 Å². The van der Waals surface area contributed by atoms with E-state index in [0.717, 1.165) is 19.3 Å². The number of carbonyl (C=O) groups is 2. The molecule has 1 aliphatic rings. The van der Waals surface area contributed by atoms with Crippen molar-refractivity contribution in [3.63, 3.8) is 0 Å². The maximum Gasteiger partial charge on any atom is 0.219 e. The molecule has 1 aliphatic heterocycles. The van der Waals surface area contributed by atoms with E-state index in [1.165, 1.54) is 12.1 Å². The highest BCUT2D eigenvalue weighted by Crippen LogP contribution is 2.30. The van der Waals surface area contributed by atoms with Crippen molar-refractivity contribution in [1.82, 2.24) is 9.80 Å². The van der Waals surface area contributed by atoms with Gasteiger partial charge in [-0.3, -0.25) is 14.5 Å². The predicted octanol–water partition coefficient (Wildman–Crippen LogP) is 4.08. The second kappa shape index (κ2) is 11.5. The van der Waals surface area contributed by atoms with Crippen LogP contribution in [0.3, 0.4) is 0 Å². The Kier molecular flexibility index (Phi) is 9.60. The molecule has 0 radical (unpaired) electrons. The number of unbranched alkanes of at least 4 members (excludes halogenated alkanes) is 3. The van der Waals surface area contributed by atoms with Crippen molar-refractivity contribution in [2.24, 2.45) is 0 Å². The highest BCUT2D eigenvalue weighted by Gasteiger charge is 2.23. The molecule has 6 nitrogen and oxygen atoms in total. The molecule has 1 fully saturated rings. The lowest BCUT2D eigenvalue weighted by atomic mass is 10.1. The minimum absolute atomic E-state index is 0.0409. The zero-order valence-electron chi connectivity index (χ0n) is 17.6. The third-order valence-electron chi connectivity index (χ3n) is 5.39. The first-order valence-electron chi connectivity index (χ1n) is 10.4. The van der Waals surface area contributed by atoms with Crippen molar-refractivity contribution in [2.45, 2.75) is 50.8 Å². The Hall–Kier alpha value is -1.15. The second-order valence-electron chi connectivity index (χ2n) is 7.66. The summed E-state index contributed by atoms with van der Waals surface area (Å²) in [6.07, 6.45) is 3.69. The molecule has 9 heteroatoms. The van der Waals surface area contributed by atoms with Gasteiger partial charge in [0.05, 0.1) is 26.3 Å². The summed E-state index contributed by atoms with van der Waals surface area (Å²) in [5, 5.41) is 0.141. The monoisotopic (exact) mass is 476 g/mol. The molecular weight excluding hydrogens is 447 g/mol. The maximum absolute atomic E-state index is 12.7. The van der Waals surface area contributed by atoms with Crippen LogP contribution in [0, 0.1) is 0 Å². The molecule has 1 amide bonds. The summed E-state index contributed by atoms with van der Waals surface area (Å²) in [5.74, 6) is -0.116. The van der Waals surface area contributed by atoms with E-state index in [-0.39, 0.29) is 44.4 Å². The van der Waals surface area contributed by atoms with E-state index >= 15 is 0 Å². The van der Waals surface area contributed by atoms with Crippen LogP contribution in [0.4, 0.5) is 0 Å². The van der Waals surface area contributed by atoms with Gasteiger partial charge in [0.1, 0.15) is 0 Å². The third kappa shape index (κ3) is 6.94. The summed E-state index contributed by atoms with van der Waals surface area (Å²) in [6.45, 7) is 6.88. The first-order valence-corrected chi connectivity index (χ1v) is 12.8. The van der Waals surface area contributed by atoms with E-state index < -0.39 is 9.84 Å². The lowest BCUT2D eigenvalue weighted by Crippen LogP contribution is -2.48. The second-order valence-corrected chi connectivity index (χ2v) is 10.6. The van der Waals surface area contributed by atoms with Crippen molar-refractivity contribution in [3.8, 4) is 0 Å². The van der Waals surface area contributed by atoms with Gasteiger partial charge in [0.25, 0.3) is 0 Å². The van der Waals surface area contributed by atoms with E-state index in [4.69, 9.17) is 23.2 Å². The Morgan fingerprint density at radius 3 is 2.13 bits per heavy atom. The van der Waals surface area contributed by atoms with Crippen molar-refractivity contribution < 1.29 is 18.0 Å². The first kappa shape index (κ1) is 25.1. The normalized spacial score (nSPS) is 15.4. The van der Waals surface area contributed by atoms with Gasteiger partial charge >= 0.3 is 0 Å². The molecule has 1 heterocycles. The molecule has 1 aromatic carbocycles. The minimum atomic E-state index is -3.49. The Bertz CT molecular complexity index is 843. The minimum Gasteiger partial charge on any atom is -0.340 e. The Morgan fingerprint density at radius 2 is 1.60 bits per heavy atom. The standard InChI is InChI=1S/C21H30Cl2N2O4S/c1-3-4-5-6-13-30(28,29)17-14-18(22)21(19(23)15-17)20(27)7-8-24-9-11-25(12-10-24)16(2)26/h14-15H,3-13H2,1-2H3. The predicted molar refractivity (Wildman–Crippen MR) is 120 cm³/mol. The number of hydrogen-bond acceptors (Lipinski definition) is 5. The first-order chi connectivity index (χ1) is 14.2. The average Bonchev–Trinajstić information content (AvgIpc) is 2.69. The molecule has 0 atom stereocenters. The number of halogens is 2. The maximum atomic E-state index is 12.7. The number of benzene rings is 1. The number of ketones is 1. The van der Waals surface area contributed by atoms with Crippen LogP contribution in [-0.4, -0.2) is 68.4 Å².